The SMILES string of the molecule is COc1ccccc1CC(C)=CC(=O)N1CC[C@H](N)C1. The first kappa shape index (κ1) is 14.6. The monoisotopic (exact) mass is 274 g/mol. The second kappa shape index (κ2) is 6.57. The summed E-state index contributed by atoms with van der Waals surface area (Å²) in [5, 5.41) is 0. The van der Waals surface area contributed by atoms with Crippen molar-refractivity contribution in [2.24, 2.45) is 5.73 Å². The van der Waals surface area contributed by atoms with Gasteiger partial charge >= 0.3 is 0 Å². The summed E-state index contributed by atoms with van der Waals surface area (Å²) in [5.74, 6) is 0.918. The Morgan fingerprint density at radius 3 is 2.90 bits per heavy atom. The quantitative estimate of drug-likeness (QED) is 0.851. The molecule has 1 atom stereocenters. The molecule has 1 aromatic rings. The lowest BCUT2D eigenvalue weighted by molar-refractivity contribution is -0.125. The molecule has 0 bridgehead atoms. The Bertz CT molecular complexity index is 511. The minimum atomic E-state index is 0.0605. The number of allylic oxidation sites excluding steroid dienone is 1. The smallest absolute Gasteiger partial charge is 0.246 e. The Balaban J connectivity index is 2.02. The van der Waals surface area contributed by atoms with Crippen molar-refractivity contribution in [3.63, 3.8) is 0 Å². The molecule has 1 amide bonds. The summed E-state index contributed by atoms with van der Waals surface area (Å²) >= 11 is 0. The Hall–Kier alpha value is -1.81. The van der Waals surface area contributed by atoms with Crippen LogP contribution in [0.4, 0.5) is 0 Å². The van der Waals surface area contributed by atoms with Gasteiger partial charge in [0, 0.05) is 25.2 Å². The molecule has 0 radical (unpaired) electrons. The van der Waals surface area contributed by atoms with Gasteiger partial charge in [0.05, 0.1) is 7.11 Å². The average Bonchev–Trinajstić information content (AvgIpc) is 2.86. The van der Waals surface area contributed by atoms with Gasteiger partial charge in [-0.25, -0.2) is 0 Å². The minimum absolute atomic E-state index is 0.0605. The van der Waals surface area contributed by atoms with Crippen LogP contribution in [0.3, 0.4) is 0 Å². The summed E-state index contributed by atoms with van der Waals surface area (Å²) in [7, 11) is 1.66. The fourth-order valence-corrected chi connectivity index (χ4v) is 2.49. The maximum absolute atomic E-state index is 12.1. The molecule has 0 unspecified atom stereocenters. The van der Waals surface area contributed by atoms with Crippen molar-refractivity contribution in [2.45, 2.75) is 25.8 Å². The molecule has 2 rings (SSSR count). The van der Waals surface area contributed by atoms with Crippen molar-refractivity contribution < 1.29 is 9.53 Å². The second-order valence-corrected chi connectivity index (χ2v) is 5.31. The summed E-state index contributed by atoms with van der Waals surface area (Å²) in [6.45, 7) is 3.40. The number of methoxy groups -OCH3 is 1. The van der Waals surface area contributed by atoms with Gasteiger partial charge in [0.25, 0.3) is 0 Å². The number of benzene rings is 1. The van der Waals surface area contributed by atoms with E-state index in [1.54, 1.807) is 13.2 Å². The van der Waals surface area contributed by atoms with Crippen LogP contribution in [0.1, 0.15) is 18.9 Å². The van der Waals surface area contributed by atoms with E-state index in [4.69, 9.17) is 10.5 Å². The van der Waals surface area contributed by atoms with E-state index in [-0.39, 0.29) is 11.9 Å². The number of amides is 1. The molecule has 1 saturated heterocycles. The van der Waals surface area contributed by atoms with Crippen LogP contribution in [0.5, 0.6) is 5.75 Å². The maximum Gasteiger partial charge on any atom is 0.246 e. The molecule has 4 nitrogen and oxygen atoms in total. The van der Waals surface area contributed by atoms with Crippen molar-refractivity contribution in [1.82, 2.24) is 4.90 Å². The van der Waals surface area contributed by atoms with Crippen molar-refractivity contribution in [2.75, 3.05) is 20.2 Å². The van der Waals surface area contributed by atoms with Gasteiger partial charge in [0.15, 0.2) is 0 Å². The third-order valence-corrected chi connectivity index (χ3v) is 3.57. The molecule has 20 heavy (non-hydrogen) atoms. The van der Waals surface area contributed by atoms with Gasteiger partial charge < -0.3 is 15.4 Å². The summed E-state index contributed by atoms with van der Waals surface area (Å²) in [5.41, 5.74) is 7.94. The first-order valence-corrected chi connectivity index (χ1v) is 6.93. The molecule has 1 fully saturated rings. The number of para-hydroxylation sites is 1. The van der Waals surface area contributed by atoms with Gasteiger partial charge in [-0.15, -0.1) is 0 Å². The van der Waals surface area contributed by atoms with E-state index in [2.05, 4.69) is 0 Å². The van der Waals surface area contributed by atoms with E-state index < -0.39 is 0 Å². The number of nitrogens with two attached hydrogens (primary N) is 1. The molecule has 1 aliphatic heterocycles. The van der Waals surface area contributed by atoms with Crippen LogP contribution in [0.25, 0.3) is 0 Å². The van der Waals surface area contributed by atoms with Crippen molar-refractivity contribution >= 4 is 5.91 Å². The zero-order valence-corrected chi connectivity index (χ0v) is 12.1. The van der Waals surface area contributed by atoms with E-state index in [1.165, 1.54) is 0 Å². The molecule has 0 aliphatic carbocycles. The number of carbonyl (C=O) groups is 1. The second-order valence-electron chi connectivity index (χ2n) is 5.31. The van der Waals surface area contributed by atoms with Gasteiger partial charge in [0.1, 0.15) is 5.75 Å². The zero-order valence-electron chi connectivity index (χ0n) is 12.1. The lowest BCUT2D eigenvalue weighted by Gasteiger charge is -2.14. The molecular weight excluding hydrogens is 252 g/mol. The number of likely N-dealkylation sites (tertiary alicyclic amines) is 1. The highest BCUT2D eigenvalue weighted by molar-refractivity contribution is 5.88. The summed E-state index contributed by atoms with van der Waals surface area (Å²) in [6, 6.07) is 8.00. The Morgan fingerprint density at radius 1 is 1.50 bits per heavy atom. The van der Waals surface area contributed by atoms with Crippen LogP contribution in [0.2, 0.25) is 0 Å². The number of nitrogens with zero attached hydrogens (tertiary/aromatic N) is 1. The van der Waals surface area contributed by atoms with Crippen LogP contribution in [0.15, 0.2) is 35.9 Å². The van der Waals surface area contributed by atoms with Gasteiger partial charge in [0.2, 0.25) is 5.91 Å². The molecule has 2 N–H and O–H groups in total. The highest BCUT2D eigenvalue weighted by Gasteiger charge is 2.22. The number of hydrogen-bond acceptors (Lipinski definition) is 3. The maximum atomic E-state index is 12.1. The van der Waals surface area contributed by atoms with Gasteiger partial charge in [-0.3, -0.25) is 4.79 Å². The van der Waals surface area contributed by atoms with E-state index in [0.29, 0.717) is 6.54 Å². The van der Waals surface area contributed by atoms with E-state index >= 15 is 0 Å². The highest BCUT2D eigenvalue weighted by atomic mass is 16.5. The molecule has 1 heterocycles. The lowest BCUT2D eigenvalue weighted by atomic mass is 10.0. The Kier molecular flexibility index (Phi) is 4.79. The predicted octanol–water partition coefficient (Wildman–Crippen LogP) is 1.74. The fourth-order valence-electron chi connectivity index (χ4n) is 2.49. The summed E-state index contributed by atoms with van der Waals surface area (Å²) in [6.07, 6.45) is 3.32. The average molecular weight is 274 g/mol. The molecule has 0 saturated carbocycles. The number of carbonyl (C=O) groups excluding carboxylic acids is 1. The molecule has 0 spiro atoms. The van der Waals surface area contributed by atoms with Crippen LogP contribution in [-0.2, 0) is 11.2 Å². The van der Waals surface area contributed by atoms with Crippen molar-refractivity contribution in [3.8, 4) is 5.75 Å². The van der Waals surface area contributed by atoms with Crippen molar-refractivity contribution in [3.05, 3.63) is 41.5 Å². The fraction of sp³-hybridized carbons (Fsp3) is 0.438. The first-order chi connectivity index (χ1) is 9.60. The van der Waals surface area contributed by atoms with E-state index in [9.17, 15) is 4.79 Å². The first-order valence-electron chi connectivity index (χ1n) is 6.93. The number of rotatable bonds is 4. The third kappa shape index (κ3) is 3.61. The molecular formula is C16H22N2O2. The zero-order chi connectivity index (χ0) is 14.5. The topological polar surface area (TPSA) is 55.6 Å². The summed E-state index contributed by atoms with van der Waals surface area (Å²) in [4.78, 5) is 13.9. The normalized spacial score (nSPS) is 19.2. The molecule has 0 aromatic heterocycles. The molecule has 1 aromatic carbocycles. The van der Waals surface area contributed by atoms with Gasteiger partial charge in [-0.1, -0.05) is 23.8 Å². The standard InChI is InChI=1S/C16H22N2O2/c1-12(9-13-5-3-4-6-15(13)20-2)10-16(19)18-8-7-14(17)11-18/h3-6,10,14H,7-9,11,17H2,1-2H3/t14-/m0/s1. The number of hydrogen-bond donors (Lipinski definition) is 1. The van der Waals surface area contributed by atoms with Gasteiger partial charge in [-0.2, -0.15) is 0 Å². The molecule has 1 aliphatic rings. The van der Waals surface area contributed by atoms with Crippen LogP contribution < -0.4 is 10.5 Å². The minimum Gasteiger partial charge on any atom is -0.496 e. The molecule has 4 heteroatoms. The molecule has 108 valence electrons. The van der Waals surface area contributed by atoms with Crippen LogP contribution in [-0.4, -0.2) is 37.0 Å². The predicted molar refractivity (Wildman–Crippen MR) is 79.6 cm³/mol. The highest BCUT2D eigenvalue weighted by Crippen LogP contribution is 2.20. The van der Waals surface area contributed by atoms with E-state index in [1.807, 2.05) is 36.1 Å². The van der Waals surface area contributed by atoms with E-state index in [0.717, 1.165) is 36.3 Å². The third-order valence-electron chi connectivity index (χ3n) is 3.57. The number of ether oxygens (including phenoxy) is 1. The van der Waals surface area contributed by atoms with Crippen molar-refractivity contribution in [1.29, 1.82) is 0 Å². The largest absolute Gasteiger partial charge is 0.496 e. The summed E-state index contributed by atoms with van der Waals surface area (Å²) < 4.78 is 5.33. The van der Waals surface area contributed by atoms with Crippen LogP contribution >= 0.6 is 0 Å². The Labute approximate surface area is 120 Å². The Morgan fingerprint density at radius 2 is 2.25 bits per heavy atom. The van der Waals surface area contributed by atoms with Crippen LogP contribution in [0, 0.1) is 0 Å². The lowest BCUT2D eigenvalue weighted by Crippen LogP contribution is -2.30. The van der Waals surface area contributed by atoms with Gasteiger partial charge in [-0.05, 0) is 31.4 Å².